The molecular formula is C20H32N4. The van der Waals surface area contributed by atoms with Crippen molar-refractivity contribution in [3.8, 4) is 0 Å². The summed E-state index contributed by atoms with van der Waals surface area (Å²) in [5.41, 5.74) is 1.41. The standard InChI is InChI=1S/C20H32N4/c1-16-14-19(23-20(21-2)22-12-10-17-8-9-17)11-13-24(16)15-18-6-4-3-5-7-18/h3-7,16-17,19H,8-15H2,1-2H3,(H2,21,22,23). The molecule has 4 heteroatoms. The van der Waals surface area contributed by atoms with Gasteiger partial charge in [0.2, 0.25) is 0 Å². The molecule has 1 aliphatic heterocycles. The maximum Gasteiger partial charge on any atom is 0.191 e. The van der Waals surface area contributed by atoms with Crippen molar-refractivity contribution in [3.05, 3.63) is 35.9 Å². The van der Waals surface area contributed by atoms with Gasteiger partial charge in [-0.05, 0) is 37.7 Å². The number of hydrogen-bond acceptors (Lipinski definition) is 2. The topological polar surface area (TPSA) is 39.7 Å². The molecule has 0 spiro atoms. The van der Waals surface area contributed by atoms with E-state index in [1.54, 1.807) is 0 Å². The minimum Gasteiger partial charge on any atom is -0.356 e. The third-order valence-electron chi connectivity index (χ3n) is 5.35. The molecule has 2 aliphatic rings. The van der Waals surface area contributed by atoms with Gasteiger partial charge in [-0.1, -0.05) is 43.2 Å². The van der Waals surface area contributed by atoms with Crippen LogP contribution in [0.1, 0.15) is 44.6 Å². The zero-order valence-corrected chi connectivity index (χ0v) is 15.2. The van der Waals surface area contributed by atoms with Crippen molar-refractivity contribution >= 4 is 5.96 Å². The summed E-state index contributed by atoms with van der Waals surface area (Å²) in [6, 6.07) is 11.9. The lowest BCUT2D eigenvalue weighted by molar-refractivity contribution is 0.134. The number of aliphatic imine (C=N–C) groups is 1. The number of hydrogen-bond donors (Lipinski definition) is 2. The van der Waals surface area contributed by atoms with Gasteiger partial charge in [0.25, 0.3) is 0 Å². The zero-order chi connectivity index (χ0) is 16.8. The molecule has 0 aromatic heterocycles. The molecule has 3 rings (SSSR count). The lowest BCUT2D eigenvalue weighted by Crippen LogP contribution is -2.51. The molecule has 24 heavy (non-hydrogen) atoms. The summed E-state index contributed by atoms with van der Waals surface area (Å²) in [4.78, 5) is 6.99. The largest absolute Gasteiger partial charge is 0.356 e. The molecule has 1 saturated heterocycles. The van der Waals surface area contributed by atoms with Crippen LogP contribution in [0.4, 0.5) is 0 Å². The van der Waals surface area contributed by atoms with Crippen molar-refractivity contribution in [2.75, 3.05) is 20.1 Å². The molecule has 2 atom stereocenters. The van der Waals surface area contributed by atoms with Gasteiger partial charge in [0, 0.05) is 38.8 Å². The fourth-order valence-corrected chi connectivity index (χ4v) is 3.59. The summed E-state index contributed by atoms with van der Waals surface area (Å²) in [7, 11) is 1.88. The second kappa shape index (κ2) is 8.52. The molecular weight excluding hydrogens is 296 g/mol. The van der Waals surface area contributed by atoms with E-state index in [4.69, 9.17) is 0 Å². The van der Waals surface area contributed by atoms with Gasteiger partial charge in [-0.25, -0.2) is 0 Å². The Bertz CT molecular complexity index is 524. The van der Waals surface area contributed by atoms with Crippen molar-refractivity contribution in [2.45, 2.75) is 57.7 Å². The molecule has 1 heterocycles. The minimum atomic E-state index is 0.527. The summed E-state index contributed by atoms with van der Waals surface area (Å²) in [5, 5.41) is 7.11. The van der Waals surface area contributed by atoms with Gasteiger partial charge in [0.15, 0.2) is 5.96 Å². The van der Waals surface area contributed by atoms with Crippen LogP contribution in [0.5, 0.6) is 0 Å². The van der Waals surface area contributed by atoms with Crippen LogP contribution in [0.2, 0.25) is 0 Å². The van der Waals surface area contributed by atoms with E-state index >= 15 is 0 Å². The Kier molecular flexibility index (Phi) is 6.13. The molecule has 0 amide bonds. The molecule has 1 aromatic carbocycles. The van der Waals surface area contributed by atoms with Gasteiger partial charge < -0.3 is 10.6 Å². The number of guanidine groups is 1. The highest BCUT2D eigenvalue weighted by Crippen LogP contribution is 2.31. The van der Waals surface area contributed by atoms with Crippen LogP contribution in [0.15, 0.2) is 35.3 Å². The first kappa shape index (κ1) is 17.3. The maximum atomic E-state index is 4.39. The van der Waals surface area contributed by atoms with E-state index in [1.807, 2.05) is 7.05 Å². The van der Waals surface area contributed by atoms with Crippen LogP contribution in [-0.2, 0) is 6.54 Å². The first-order chi connectivity index (χ1) is 11.7. The minimum absolute atomic E-state index is 0.527. The van der Waals surface area contributed by atoms with Crippen LogP contribution in [0.3, 0.4) is 0 Å². The van der Waals surface area contributed by atoms with Gasteiger partial charge in [-0.2, -0.15) is 0 Å². The van der Waals surface area contributed by atoms with E-state index in [0.29, 0.717) is 12.1 Å². The Labute approximate surface area is 146 Å². The Morgan fingerprint density at radius 1 is 1.21 bits per heavy atom. The molecule has 2 N–H and O–H groups in total. The second-order valence-corrected chi connectivity index (χ2v) is 7.40. The van der Waals surface area contributed by atoms with Gasteiger partial charge in [-0.3, -0.25) is 9.89 Å². The van der Waals surface area contributed by atoms with E-state index in [0.717, 1.165) is 31.5 Å². The SMILES string of the molecule is CN=C(NCCC1CC1)NC1CCN(Cc2ccccc2)C(C)C1. The molecule has 132 valence electrons. The van der Waals surface area contributed by atoms with Gasteiger partial charge in [-0.15, -0.1) is 0 Å². The average molecular weight is 329 g/mol. The van der Waals surface area contributed by atoms with Crippen molar-refractivity contribution in [2.24, 2.45) is 10.9 Å². The molecule has 4 nitrogen and oxygen atoms in total. The van der Waals surface area contributed by atoms with Gasteiger partial charge in [0.1, 0.15) is 0 Å². The van der Waals surface area contributed by atoms with Crippen molar-refractivity contribution < 1.29 is 0 Å². The summed E-state index contributed by atoms with van der Waals surface area (Å²) < 4.78 is 0. The molecule has 2 unspecified atom stereocenters. The molecule has 2 fully saturated rings. The van der Waals surface area contributed by atoms with E-state index < -0.39 is 0 Å². The number of nitrogens with zero attached hydrogens (tertiary/aromatic N) is 2. The third-order valence-corrected chi connectivity index (χ3v) is 5.35. The monoisotopic (exact) mass is 328 g/mol. The third kappa shape index (κ3) is 5.23. The fourth-order valence-electron chi connectivity index (χ4n) is 3.59. The van der Waals surface area contributed by atoms with Crippen LogP contribution < -0.4 is 10.6 Å². The summed E-state index contributed by atoms with van der Waals surface area (Å²) in [5.74, 6) is 1.95. The normalized spacial score (nSPS) is 25.5. The Morgan fingerprint density at radius 3 is 2.67 bits per heavy atom. The number of piperidine rings is 1. The summed E-state index contributed by atoms with van der Waals surface area (Å²) in [6.07, 6.45) is 6.49. The number of likely N-dealkylation sites (tertiary alicyclic amines) is 1. The molecule has 1 aliphatic carbocycles. The Hall–Kier alpha value is -1.55. The number of nitrogens with one attached hydrogen (secondary N) is 2. The quantitative estimate of drug-likeness (QED) is 0.623. The van der Waals surface area contributed by atoms with E-state index in [-0.39, 0.29) is 0 Å². The number of rotatable bonds is 6. The van der Waals surface area contributed by atoms with Gasteiger partial charge >= 0.3 is 0 Å². The lowest BCUT2D eigenvalue weighted by atomic mass is 9.97. The fraction of sp³-hybridized carbons (Fsp3) is 0.650. The summed E-state index contributed by atoms with van der Waals surface area (Å²) >= 11 is 0. The maximum absolute atomic E-state index is 4.39. The highest BCUT2D eigenvalue weighted by Gasteiger charge is 2.26. The molecule has 1 saturated carbocycles. The second-order valence-electron chi connectivity index (χ2n) is 7.40. The van der Waals surface area contributed by atoms with Crippen LogP contribution in [-0.4, -0.2) is 43.1 Å². The van der Waals surface area contributed by atoms with Crippen molar-refractivity contribution in [1.82, 2.24) is 15.5 Å². The average Bonchev–Trinajstić information content (AvgIpc) is 3.41. The Balaban J connectivity index is 1.42. The predicted octanol–water partition coefficient (Wildman–Crippen LogP) is 3.00. The van der Waals surface area contributed by atoms with Crippen LogP contribution >= 0.6 is 0 Å². The van der Waals surface area contributed by atoms with Crippen LogP contribution in [0.25, 0.3) is 0 Å². The van der Waals surface area contributed by atoms with E-state index in [9.17, 15) is 0 Å². The molecule has 1 aromatic rings. The first-order valence-corrected chi connectivity index (χ1v) is 9.49. The predicted molar refractivity (Wildman–Crippen MR) is 101 cm³/mol. The van der Waals surface area contributed by atoms with E-state index in [1.165, 1.54) is 37.7 Å². The first-order valence-electron chi connectivity index (χ1n) is 9.49. The zero-order valence-electron chi connectivity index (χ0n) is 15.2. The molecule has 0 bridgehead atoms. The van der Waals surface area contributed by atoms with Gasteiger partial charge in [0.05, 0.1) is 0 Å². The number of benzene rings is 1. The summed E-state index contributed by atoms with van der Waals surface area (Å²) in [6.45, 7) is 5.60. The van der Waals surface area contributed by atoms with Crippen molar-refractivity contribution in [1.29, 1.82) is 0 Å². The highest BCUT2D eigenvalue weighted by molar-refractivity contribution is 5.79. The highest BCUT2D eigenvalue weighted by atomic mass is 15.2. The molecule has 0 radical (unpaired) electrons. The lowest BCUT2D eigenvalue weighted by Gasteiger charge is -2.38. The van der Waals surface area contributed by atoms with E-state index in [2.05, 4.69) is 57.8 Å². The van der Waals surface area contributed by atoms with Crippen molar-refractivity contribution in [3.63, 3.8) is 0 Å². The van der Waals surface area contributed by atoms with Crippen LogP contribution in [0, 0.1) is 5.92 Å². The smallest absolute Gasteiger partial charge is 0.191 e. The Morgan fingerprint density at radius 2 is 2.00 bits per heavy atom.